The number of aromatic nitrogens is 2. The molecule has 11 heavy (non-hydrogen) atoms. The van der Waals surface area contributed by atoms with Crippen LogP contribution in [0.1, 0.15) is 19.4 Å². The molecule has 3 nitrogen and oxygen atoms in total. The second-order valence-corrected chi connectivity index (χ2v) is 3.12. The summed E-state index contributed by atoms with van der Waals surface area (Å²) in [4.78, 5) is 0. The molecule has 1 aromatic heterocycles. The molecule has 0 amide bonds. The lowest BCUT2D eigenvalue weighted by Gasteiger charge is -2.02. The third-order valence-corrected chi connectivity index (χ3v) is 1.42. The Morgan fingerprint density at radius 2 is 2.36 bits per heavy atom. The van der Waals surface area contributed by atoms with Crippen LogP contribution in [0, 0.1) is 5.92 Å². The predicted molar refractivity (Wildman–Crippen MR) is 43.0 cm³/mol. The Hall–Kier alpha value is -0.830. The van der Waals surface area contributed by atoms with Crippen LogP contribution in [0.2, 0.25) is 0 Å². The Labute approximate surface area is 66.7 Å². The third kappa shape index (κ3) is 2.35. The smallest absolute Gasteiger partial charge is 0.0712 e. The van der Waals surface area contributed by atoms with Crippen LogP contribution in [0.4, 0.5) is 0 Å². The van der Waals surface area contributed by atoms with Crippen molar-refractivity contribution in [2.24, 2.45) is 5.92 Å². The summed E-state index contributed by atoms with van der Waals surface area (Å²) in [5.41, 5.74) is 0.880. The van der Waals surface area contributed by atoms with Gasteiger partial charge in [-0.25, -0.2) is 0 Å². The van der Waals surface area contributed by atoms with E-state index in [1.165, 1.54) is 0 Å². The van der Waals surface area contributed by atoms with E-state index in [-0.39, 0.29) is 6.61 Å². The molecule has 62 valence electrons. The molecule has 1 rings (SSSR count). The molecule has 0 aromatic carbocycles. The van der Waals surface area contributed by atoms with Gasteiger partial charge in [-0.3, -0.25) is 4.68 Å². The maximum atomic E-state index is 8.73. The summed E-state index contributed by atoms with van der Waals surface area (Å²) >= 11 is 0. The summed E-state index contributed by atoms with van der Waals surface area (Å²) in [6, 6.07) is 0. The number of hydrogen-bond acceptors (Lipinski definition) is 2. The first-order valence-electron chi connectivity index (χ1n) is 3.84. The van der Waals surface area contributed by atoms with Crippen molar-refractivity contribution in [2.45, 2.75) is 27.0 Å². The topological polar surface area (TPSA) is 38.0 Å². The van der Waals surface area contributed by atoms with E-state index in [1.807, 2.05) is 10.9 Å². The van der Waals surface area contributed by atoms with Gasteiger partial charge in [-0.05, 0) is 5.92 Å². The van der Waals surface area contributed by atoms with Gasteiger partial charge in [-0.15, -0.1) is 0 Å². The molecule has 0 aliphatic carbocycles. The second kappa shape index (κ2) is 3.53. The lowest BCUT2D eigenvalue weighted by Crippen LogP contribution is -2.04. The fourth-order valence-corrected chi connectivity index (χ4v) is 0.962. The van der Waals surface area contributed by atoms with Crippen LogP contribution in [0.5, 0.6) is 0 Å². The summed E-state index contributed by atoms with van der Waals surface area (Å²) < 4.78 is 1.86. The van der Waals surface area contributed by atoms with E-state index in [1.54, 1.807) is 6.20 Å². The molecule has 0 saturated carbocycles. The molecule has 0 saturated heterocycles. The minimum absolute atomic E-state index is 0.0814. The van der Waals surface area contributed by atoms with E-state index in [9.17, 15) is 0 Å². The lowest BCUT2D eigenvalue weighted by molar-refractivity contribution is 0.281. The SMILES string of the molecule is CC(C)Cn1cc(CO)cn1. The van der Waals surface area contributed by atoms with Crippen LogP contribution in [0.25, 0.3) is 0 Å². The van der Waals surface area contributed by atoms with Gasteiger partial charge in [-0.2, -0.15) is 5.10 Å². The first-order chi connectivity index (χ1) is 5.22. The average Bonchev–Trinajstić information content (AvgIpc) is 2.34. The van der Waals surface area contributed by atoms with Gasteiger partial charge in [0, 0.05) is 18.3 Å². The average molecular weight is 154 g/mol. The molecule has 1 aromatic rings. The molecule has 3 heteroatoms. The fraction of sp³-hybridized carbons (Fsp3) is 0.625. The zero-order chi connectivity index (χ0) is 8.27. The van der Waals surface area contributed by atoms with Gasteiger partial charge in [-0.1, -0.05) is 13.8 Å². The summed E-state index contributed by atoms with van der Waals surface area (Å²) in [6.07, 6.45) is 3.57. The van der Waals surface area contributed by atoms with Crippen LogP contribution in [0.3, 0.4) is 0 Å². The largest absolute Gasteiger partial charge is 0.392 e. The van der Waals surface area contributed by atoms with E-state index in [4.69, 9.17) is 5.11 Å². The second-order valence-electron chi connectivity index (χ2n) is 3.12. The number of aliphatic hydroxyl groups excluding tert-OH is 1. The van der Waals surface area contributed by atoms with E-state index in [2.05, 4.69) is 18.9 Å². The Balaban J connectivity index is 2.58. The number of nitrogens with zero attached hydrogens (tertiary/aromatic N) is 2. The molecule has 1 N–H and O–H groups in total. The van der Waals surface area contributed by atoms with E-state index in [0.29, 0.717) is 5.92 Å². The monoisotopic (exact) mass is 154 g/mol. The number of aliphatic hydroxyl groups is 1. The zero-order valence-corrected chi connectivity index (χ0v) is 6.99. The predicted octanol–water partition coefficient (Wildman–Crippen LogP) is 1.03. The Morgan fingerprint density at radius 1 is 1.64 bits per heavy atom. The molecule has 0 unspecified atom stereocenters. The summed E-state index contributed by atoms with van der Waals surface area (Å²) in [5, 5.41) is 12.8. The molecular weight excluding hydrogens is 140 g/mol. The van der Waals surface area contributed by atoms with E-state index >= 15 is 0 Å². The standard InChI is InChI=1S/C8H14N2O/c1-7(2)4-10-5-8(6-11)3-9-10/h3,5,7,11H,4,6H2,1-2H3. The highest BCUT2D eigenvalue weighted by Crippen LogP contribution is 2.01. The van der Waals surface area contributed by atoms with Crippen LogP contribution < -0.4 is 0 Å². The van der Waals surface area contributed by atoms with Crippen LogP contribution >= 0.6 is 0 Å². The summed E-state index contributed by atoms with van der Waals surface area (Å²) in [7, 11) is 0. The van der Waals surface area contributed by atoms with Crippen molar-refractivity contribution in [3.63, 3.8) is 0 Å². The quantitative estimate of drug-likeness (QED) is 0.706. The van der Waals surface area contributed by atoms with Crippen molar-refractivity contribution in [2.75, 3.05) is 0 Å². The third-order valence-electron chi connectivity index (χ3n) is 1.42. The number of rotatable bonds is 3. The van der Waals surface area contributed by atoms with Crippen LogP contribution in [0.15, 0.2) is 12.4 Å². The molecule has 0 aliphatic rings. The van der Waals surface area contributed by atoms with Crippen LogP contribution in [-0.4, -0.2) is 14.9 Å². The highest BCUT2D eigenvalue weighted by molar-refractivity contribution is 5.01. The Morgan fingerprint density at radius 3 is 2.82 bits per heavy atom. The van der Waals surface area contributed by atoms with Crippen molar-refractivity contribution in [3.8, 4) is 0 Å². The molecular formula is C8H14N2O. The van der Waals surface area contributed by atoms with Crippen molar-refractivity contribution in [3.05, 3.63) is 18.0 Å². The summed E-state index contributed by atoms with van der Waals surface area (Å²) in [6.45, 7) is 5.28. The minimum atomic E-state index is 0.0814. The Kier molecular flexibility index (Phi) is 2.65. The lowest BCUT2D eigenvalue weighted by atomic mass is 10.2. The van der Waals surface area contributed by atoms with Crippen LogP contribution in [-0.2, 0) is 13.2 Å². The highest BCUT2D eigenvalue weighted by Gasteiger charge is 1.98. The first-order valence-corrected chi connectivity index (χ1v) is 3.84. The Bertz CT molecular complexity index is 218. The fourth-order valence-electron chi connectivity index (χ4n) is 0.962. The van der Waals surface area contributed by atoms with Gasteiger partial charge in [0.05, 0.1) is 12.8 Å². The molecule has 0 spiro atoms. The highest BCUT2D eigenvalue weighted by atomic mass is 16.3. The van der Waals surface area contributed by atoms with Crippen molar-refractivity contribution >= 4 is 0 Å². The molecule has 0 aliphatic heterocycles. The molecule has 0 bridgehead atoms. The van der Waals surface area contributed by atoms with Gasteiger partial charge in [0.25, 0.3) is 0 Å². The molecule has 1 heterocycles. The van der Waals surface area contributed by atoms with Crippen molar-refractivity contribution in [1.29, 1.82) is 0 Å². The van der Waals surface area contributed by atoms with Gasteiger partial charge < -0.3 is 5.11 Å². The van der Waals surface area contributed by atoms with E-state index < -0.39 is 0 Å². The maximum Gasteiger partial charge on any atom is 0.0712 e. The normalized spacial score (nSPS) is 10.9. The summed E-state index contributed by atoms with van der Waals surface area (Å²) in [5.74, 6) is 0.599. The molecule has 0 radical (unpaired) electrons. The van der Waals surface area contributed by atoms with Gasteiger partial charge in [0.15, 0.2) is 0 Å². The maximum absolute atomic E-state index is 8.73. The first kappa shape index (κ1) is 8.27. The van der Waals surface area contributed by atoms with Gasteiger partial charge in [0.2, 0.25) is 0 Å². The molecule has 0 atom stereocenters. The minimum Gasteiger partial charge on any atom is -0.392 e. The van der Waals surface area contributed by atoms with Crippen molar-refractivity contribution in [1.82, 2.24) is 9.78 Å². The number of hydrogen-bond donors (Lipinski definition) is 1. The van der Waals surface area contributed by atoms with Crippen molar-refractivity contribution < 1.29 is 5.11 Å². The van der Waals surface area contributed by atoms with E-state index in [0.717, 1.165) is 12.1 Å². The van der Waals surface area contributed by atoms with Gasteiger partial charge in [0.1, 0.15) is 0 Å². The zero-order valence-electron chi connectivity index (χ0n) is 6.99. The molecule has 0 fully saturated rings. The van der Waals surface area contributed by atoms with Gasteiger partial charge >= 0.3 is 0 Å².